The first kappa shape index (κ1) is 23.1. The average molecular weight is 474 g/mol. The van der Waals surface area contributed by atoms with Crippen molar-refractivity contribution in [2.24, 2.45) is 4.99 Å². The van der Waals surface area contributed by atoms with Crippen molar-refractivity contribution < 1.29 is 18.8 Å². The van der Waals surface area contributed by atoms with Crippen LogP contribution in [-0.4, -0.2) is 28.5 Å². The van der Waals surface area contributed by atoms with Gasteiger partial charge in [0.15, 0.2) is 11.0 Å². The van der Waals surface area contributed by atoms with E-state index in [1.165, 1.54) is 36.1 Å². The highest BCUT2D eigenvalue weighted by molar-refractivity contribution is 8.14. The molecule has 4 rings (SSSR count). The number of thioether (sulfide) groups is 1. The molecule has 2 amide bonds. The zero-order chi connectivity index (χ0) is 24.1. The summed E-state index contributed by atoms with van der Waals surface area (Å²) in [5, 5.41) is 3.06. The van der Waals surface area contributed by atoms with Crippen LogP contribution >= 0.6 is 11.8 Å². The Balaban J connectivity index is 1.54. The summed E-state index contributed by atoms with van der Waals surface area (Å²) >= 11 is 1.09. The number of amidine groups is 1. The van der Waals surface area contributed by atoms with Gasteiger partial charge in [0.25, 0.3) is 5.91 Å². The standard InChI is InChI=1S/C26H20FN3O3S/c1-17(31)19-8-5-9-21(15-19)28-24(32)16-34-26-29-23(14-18-6-3-2-4-7-18)25(33)30(26)22-12-10-20(27)11-13-22/h2-15H,16H2,1H3,(H,28,32). The van der Waals surface area contributed by atoms with Crippen molar-refractivity contribution in [1.29, 1.82) is 0 Å². The molecule has 3 aromatic carbocycles. The molecule has 1 N–H and O–H groups in total. The third-order valence-corrected chi connectivity index (χ3v) is 5.84. The molecule has 0 atom stereocenters. The minimum atomic E-state index is -0.422. The highest BCUT2D eigenvalue weighted by atomic mass is 32.2. The van der Waals surface area contributed by atoms with Crippen LogP contribution in [0.5, 0.6) is 0 Å². The van der Waals surface area contributed by atoms with Gasteiger partial charge in [-0.2, -0.15) is 0 Å². The van der Waals surface area contributed by atoms with Gasteiger partial charge in [-0.05, 0) is 55.0 Å². The molecule has 1 aliphatic rings. The quantitative estimate of drug-likeness (QED) is 0.397. The number of aliphatic imine (C=N–C) groups is 1. The Hall–Kier alpha value is -4.04. The predicted octanol–water partition coefficient (Wildman–Crippen LogP) is 5.14. The molecule has 0 unspecified atom stereocenters. The van der Waals surface area contributed by atoms with E-state index in [1.54, 1.807) is 30.3 Å². The Morgan fingerprint density at radius 3 is 2.47 bits per heavy atom. The molecule has 34 heavy (non-hydrogen) atoms. The SMILES string of the molecule is CC(=O)c1cccc(NC(=O)CSC2=NC(=Cc3ccccc3)C(=O)N2c2ccc(F)cc2)c1. The smallest absolute Gasteiger partial charge is 0.283 e. The number of hydrogen-bond donors (Lipinski definition) is 1. The minimum Gasteiger partial charge on any atom is -0.325 e. The summed E-state index contributed by atoms with van der Waals surface area (Å²) in [6.45, 7) is 1.45. The van der Waals surface area contributed by atoms with Crippen LogP contribution in [0, 0.1) is 5.82 Å². The zero-order valence-corrected chi connectivity index (χ0v) is 19.0. The van der Waals surface area contributed by atoms with E-state index in [2.05, 4.69) is 10.3 Å². The highest BCUT2D eigenvalue weighted by Crippen LogP contribution is 2.29. The summed E-state index contributed by atoms with van der Waals surface area (Å²) in [6.07, 6.45) is 1.67. The van der Waals surface area contributed by atoms with Crippen LogP contribution in [0.25, 0.3) is 6.08 Å². The van der Waals surface area contributed by atoms with Crippen molar-refractivity contribution in [2.75, 3.05) is 16.0 Å². The third-order valence-electron chi connectivity index (χ3n) is 4.90. The average Bonchev–Trinajstić information content (AvgIpc) is 3.14. The number of anilines is 2. The number of carbonyl (C=O) groups excluding carboxylic acids is 3. The van der Waals surface area contributed by atoms with Crippen LogP contribution in [-0.2, 0) is 9.59 Å². The molecular formula is C26H20FN3O3S. The number of nitrogens with one attached hydrogen (secondary N) is 1. The van der Waals surface area contributed by atoms with Gasteiger partial charge in [-0.3, -0.25) is 19.3 Å². The van der Waals surface area contributed by atoms with Crippen molar-refractivity contribution in [3.05, 3.63) is 102 Å². The Labute approximate surface area is 200 Å². The lowest BCUT2D eigenvalue weighted by molar-refractivity contribution is -0.114. The minimum absolute atomic E-state index is 0.0211. The van der Waals surface area contributed by atoms with Gasteiger partial charge in [-0.15, -0.1) is 0 Å². The molecular weight excluding hydrogens is 453 g/mol. The number of Topliss-reactive ketones (excluding diaryl/α,β-unsaturated/α-hetero) is 1. The Kier molecular flexibility index (Phi) is 6.98. The first-order chi connectivity index (χ1) is 16.4. The molecule has 0 fully saturated rings. The van der Waals surface area contributed by atoms with Crippen molar-refractivity contribution in [3.63, 3.8) is 0 Å². The molecule has 0 saturated carbocycles. The third kappa shape index (κ3) is 5.47. The maximum Gasteiger partial charge on any atom is 0.283 e. The summed E-state index contributed by atoms with van der Waals surface area (Å²) in [7, 11) is 0. The summed E-state index contributed by atoms with van der Waals surface area (Å²) in [6, 6.07) is 21.5. The lowest BCUT2D eigenvalue weighted by Crippen LogP contribution is -2.31. The molecule has 0 spiro atoms. The Morgan fingerprint density at radius 2 is 1.76 bits per heavy atom. The summed E-state index contributed by atoms with van der Waals surface area (Å²) in [4.78, 5) is 43.1. The monoisotopic (exact) mass is 473 g/mol. The summed E-state index contributed by atoms with van der Waals surface area (Å²) < 4.78 is 13.4. The van der Waals surface area contributed by atoms with Crippen LogP contribution < -0.4 is 10.2 Å². The number of halogens is 1. The molecule has 8 heteroatoms. The van der Waals surface area contributed by atoms with E-state index >= 15 is 0 Å². The predicted molar refractivity (Wildman–Crippen MR) is 133 cm³/mol. The van der Waals surface area contributed by atoms with E-state index in [9.17, 15) is 18.8 Å². The van der Waals surface area contributed by atoms with Gasteiger partial charge < -0.3 is 5.32 Å². The fourth-order valence-electron chi connectivity index (χ4n) is 3.26. The van der Waals surface area contributed by atoms with E-state index in [4.69, 9.17) is 0 Å². The second-order valence-electron chi connectivity index (χ2n) is 7.43. The highest BCUT2D eigenvalue weighted by Gasteiger charge is 2.32. The van der Waals surface area contributed by atoms with E-state index < -0.39 is 5.82 Å². The first-order valence-electron chi connectivity index (χ1n) is 10.4. The van der Waals surface area contributed by atoms with Crippen LogP contribution in [0.3, 0.4) is 0 Å². The van der Waals surface area contributed by atoms with Crippen molar-refractivity contribution in [3.8, 4) is 0 Å². The van der Waals surface area contributed by atoms with E-state index in [0.717, 1.165) is 17.3 Å². The number of carbonyl (C=O) groups is 3. The van der Waals surface area contributed by atoms with Gasteiger partial charge in [0, 0.05) is 11.3 Å². The molecule has 3 aromatic rings. The maximum atomic E-state index is 13.4. The fraction of sp³-hybridized carbons (Fsp3) is 0.0769. The largest absolute Gasteiger partial charge is 0.325 e. The topological polar surface area (TPSA) is 78.8 Å². The van der Waals surface area contributed by atoms with Crippen LogP contribution in [0.4, 0.5) is 15.8 Å². The molecule has 170 valence electrons. The van der Waals surface area contributed by atoms with Gasteiger partial charge in [-0.25, -0.2) is 9.38 Å². The Bertz CT molecular complexity index is 1300. The van der Waals surface area contributed by atoms with Crippen LogP contribution in [0.2, 0.25) is 0 Å². The van der Waals surface area contributed by atoms with E-state index in [-0.39, 0.29) is 29.0 Å². The van der Waals surface area contributed by atoms with E-state index in [1.807, 2.05) is 30.3 Å². The molecule has 6 nitrogen and oxygen atoms in total. The number of nitrogens with zero attached hydrogens (tertiary/aromatic N) is 2. The second-order valence-corrected chi connectivity index (χ2v) is 8.37. The normalized spacial score (nSPS) is 14.3. The van der Waals surface area contributed by atoms with Gasteiger partial charge in [0.1, 0.15) is 11.5 Å². The lowest BCUT2D eigenvalue weighted by Gasteiger charge is -2.17. The van der Waals surface area contributed by atoms with Crippen LogP contribution in [0.1, 0.15) is 22.8 Å². The molecule has 0 aliphatic carbocycles. The molecule has 0 aromatic heterocycles. The molecule has 1 heterocycles. The van der Waals surface area contributed by atoms with Gasteiger partial charge in [0.05, 0.1) is 11.4 Å². The van der Waals surface area contributed by atoms with Crippen molar-refractivity contribution >= 4 is 52.0 Å². The fourth-order valence-corrected chi connectivity index (χ4v) is 4.07. The number of hydrogen-bond acceptors (Lipinski definition) is 5. The maximum absolute atomic E-state index is 13.4. The number of benzene rings is 3. The number of amides is 2. The van der Waals surface area contributed by atoms with Crippen molar-refractivity contribution in [1.82, 2.24) is 0 Å². The number of ketones is 1. The molecule has 1 aliphatic heterocycles. The summed E-state index contributed by atoms with van der Waals surface area (Å²) in [5.74, 6) is -1.23. The van der Waals surface area contributed by atoms with E-state index in [0.29, 0.717) is 22.1 Å². The van der Waals surface area contributed by atoms with Gasteiger partial charge in [-0.1, -0.05) is 54.2 Å². The molecule has 0 radical (unpaired) electrons. The van der Waals surface area contributed by atoms with Gasteiger partial charge >= 0.3 is 0 Å². The van der Waals surface area contributed by atoms with Gasteiger partial charge in [0.2, 0.25) is 5.91 Å². The molecule has 0 saturated heterocycles. The van der Waals surface area contributed by atoms with Crippen LogP contribution in [0.15, 0.2) is 89.6 Å². The number of rotatable bonds is 6. The lowest BCUT2D eigenvalue weighted by atomic mass is 10.1. The Morgan fingerprint density at radius 1 is 1.03 bits per heavy atom. The zero-order valence-electron chi connectivity index (χ0n) is 18.2. The molecule has 0 bridgehead atoms. The van der Waals surface area contributed by atoms with Crippen molar-refractivity contribution in [2.45, 2.75) is 6.92 Å². The second kappa shape index (κ2) is 10.3. The summed E-state index contributed by atoms with van der Waals surface area (Å²) in [5.41, 5.74) is 2.47. The first-order valence-corrected chi connectivity index (χ1v) is 11.4.